The second-order valence-electron chi connectivity index (χ2n) is 4.64. The number of hydrogen-bond acceptors (Lipinski definition) is 2. The zero-order valence-corrected chi connectivity index (χ0v) is 13.0. The van der Waals surface area contributed by atoms with Crippen LogP contribution in [0.3, 0.4) is 0 Å². The van der Waals surface area contributed by atoms with Crippen molar-refractivity contribution in [2.75, 3.05) is 7.11 Å². The standard InChI is InChI=1S/C18H12BrNO/c1-21-13-9-7-12(8-10-13)17-16(11-20)14-5-3-2-4-6-15(14)18(17)19/h2-10H,1H3. The van der Waals surface area contributed by atoms with Crippen molar-refractivity contribution in [1.29, 1.82) is 5.26 Å². The van der Waals surface area contributed by atoms with Gasteiger partial charge in [0.25, 0.3) is 0 Å². The third-order valence-corrected chi connectivity index (χ3v) is 4.33. The molecule has 2 aliphatic carbocycles. The van der Waals surface area contributed by atoms with Crippen LogP contribution in [0.5, 0.6) is 5.75 Å². The van der Waals surface area contributed by atoms with Gasteiger partial charge in [-0.05, 0) is 39.2 Å². The Balaban J connectivity index is 2.29. The molecule has 2 aliphatic rings. The van der Waals surface area contributed by atoms with E-state index in [4.69, 9.17) is 4.74 Å². The van der Waals surface area contributed by atoms with Crippen LogP contribution in [0.2, 0.25) is 0 Å². The summed E-state index contributed by atoms with van der Waals surface area (Å²) < 4.78 is 6.14. The molecule has 3 heteroatoms. The Morgan fingerprint density at radius 1 is 0.952 bits per heavy atom. The first-order chi connectivity index (χ1) is 10.3. The number of hydrogen-bond donors (Lipinski definition) is 0. The van der Waals surface area contributed by atoms with Crippen molar-refractivity contribution >= 4 is 15.9 Å². The first kappa shape index (κ1) is 13.7. The number of rotatable bonds is 2. The number of nitriles is 1. The van der Waals surface area contributed by atoms with Crippen molar-refractivity contribution in [3.8, 4) is 34.1 Å². The van der Waals surface area contributed by atoms with Crippen molar-refractivity contribution in [2.45, 2.75) is 0 Å². The van der Waals surface area contributed by atoms with E-state index in [1.165, 1.54) is 0 Å². The van der Waals surface area contributed by atoms with Gasteiger partial charge < -0.3 is 4.74 Å². The Hall–Kier alpha value is -2.31. The summed E-state index contributed by atoms with van der Waals surface area (Å²) in [5, 5.41) is 9.58. The lowest BCUT2D eigenvalue weighted by Gasteiger charge is -2.03. The number of nitrogens with zero attached hydrogens (tertiary/aromatic N) is 1. The average Bonchev–Trinajstić information content (AvgIpc) is 2.69. The van der Waals surface area contributed by atoms with Gasteiger partial charge in [0.2, 0.25) is 0 Å². The Kier molecular flexibility index (Phi) is 3.64. The van der Waals surface area contributed by atoms with Crippen LogP contribution >= 0.6 is 15.9 Å². The fourth-order valence-electron chi connectivity index (χ4n) is 2.48. The van der Waals surface area contributed by atoms with E-state index in [-0.39, 0.29) is 0 Å². The molecule has 0 unspecified atom stereocenters. The minimum absolute atomic E-state index is 0.693. The molecule has 0 heterocycles. The van der Waals surface area contributed by atoms with E-state index in [9.17, 15) is 5.26 Å². The van der Waals surface area contributed by atoms with Crippen LogP contribution in [-0.4, -0.2) is 7.11 Å². The van der Waals surface area contributed by atoms with Gasteiger partial charge in [0.15, 0.2) is 0 Å². The highest BCUT2D eigenvalue weighted by Crippen LogP contribution is 2.45. The second-order valence-corrected chi connectivity index (χ2v) is 5.44. The third-order valence-electron chi connectivity index (χ3n) is 3.50. The number of fused-ring (bicyclic) bond motifs is 1. The van der Waals surface area contributed by atoms with E-state index in [0.29, 0.717) is 5.56 Å². The highest BCUT2D eigenvalue weighted by molar-refractivity contribution is 9.10. The molecule has 21 heavy (non-hydrogen) atoms. The molecule has 0 saturated carbocycles. The van der Waals surface area contributed by atoms with Crippen LogP contribution in [-0.2, 0) is 0 Å². The molecule has 0 bridgehead atoms. The van der Waals surface area contributed by atoms with Gasteiger partial charge in [0, 0.05) is 15.6 Å². The highest BCUT2D eigenvalue weighted by atomic mass is 79.9. The van der Waals surface area contributed by atoms with Gasteiger partial charge in [0.1, 0.15) is 11.8 Å². The summed E-state index contributed by atoms with van der Waals surface area (Å²) in [5.74, 6) is 0.802. The lowest BCUT2D eigenvalue weighted by molar-refractivity contribution is 0.415. The van der Waals surface area contributed by atoms with E-state index >= 15 is 0 Å². The van der Waals surface area contributed by atoms with Gasteiger partial charge in [-0.2, -0.15) is 5.26 Å². The molecule has 1 aromatic carbocycles. The first-order valence-corrected chi connectivity index (χ1v) is 7.30. The number of ether oxygens (including phenoxy) is 1. The molecular weight excluding hydrogens is 326 g/mol. The minimum atomic E-state index is 0.693. The van der Waals surface area contributed by atoms with E-state index in [2.05, 4.69) is 22.0 Å². The van der Waals surface area contributed by atoms with Crippen molar-refractivity contribution in [3.63, 3.8) is 0 Å². The SMILES string of the molecule is COc1ccc(-c2c(Br)c3cccccc-3c2C#N)cc1. The maximum absolute atomic E-state index is 9.58. The molecule has 0 radical (unpaired) electrons. The fourth-order valence-corrected chi connectivity index (χ4v) is 3.25. The molecular formula is C18H12BrNO. The molecule has 102 valence electrons. The maximum Gasteiger partial charge on any atom is 0.118 e. The quantitative estimate of drug-likeness (QED) is 0.651. The molecule has 0 amide bonds. The Morgan fingerprint density at radius 2 is 1.62 bits per heavy atom. The highest BCUT2D eigenvalue weighted by Gasteiger charge is 2.21. The normalized spacial score (nSPS) is 10.3. The number of benzene rings is 1. The molecule has 0 spiro atoms. The predicted molar refractivity (Wildman–Crippen MR) is 87.5 cm³/mol. The van der Waals surface area contributed by atoms with Crippen LogP contribution in [0.15, 0.2) is 59.1 Å². The molecule has 0 fully saturated rings. The summed E-state index contributed by atoms with van der Waals surface area (Å²) in [6.45, 7) is 0. The lowest BCUT2D eigenvalue weighted by Crippen LogP contribution is -1.83. The summed E-state index contributed by atoms with van der Waals surface area (Å²) in [6, 6.07) is 20.0. The van der Waals surface area contributed by atoms with Gasteiger partial charge in [-0.25, -0.2) is 0 Å². The van der Waals surface area contributed by atoms with Crippen molar-refractivity contribution < 1.29 is 4.74 Å². The molecule has 0 atom stereocenters. The number of halogens is 1. The van der Waals surface area contributed by atoms with E-state index < -0.39 is 0 Å². The molecule has 0 aromatic heterocycles. The van der Waals surface area contributed by atoms with Gasteiger partial charge in [-0.1, -0.05) is 42.5 Å². The van der Waals surface area contributed by atoms with Gasteiger partial charge in [-0.3, -0.25) is 0 Å². The Morgan fingerprint density at radius 3 is 2.24 bits per heavy atom. The fraction of sp³-hybridized carbons (Fsp3) is 0.0556. The Labute approximate surface area is 132 Å². The summed E-state index contributed by atoms with van der Waals surface area (Å²) in [4.78, 5) is 0. The zero-order valence-electron chi connectivity index (χ0n) is 11.4. The van der Waals surface area contributed by atoms with E-state index in [1.807, 2.05) is 54.6 Å². The van der Waals surface area contributed by atoms with Crippen LogP contribution in [0, 0.1) is 11.3 Å². The summed E-state index contributed by atoms with van der Waals surface area (Å²) in [6.07, 6.45) is 0. The molecule has 1 aromatic rings. The predicted octanol–water partition coefficient (Wildman–Crippen LogP) is 5.10. The monoisotopic (exact) mass is 337 g/mol. The smallest absolute Gasteiger partial charge is 0.118 e. The number of methoxy groups -OCH3 is 1. The molecule has 0 saturated heterocycles. The van der Waals surface area contributed by atoms with Crippen LogP contribution in [0.1, 0.15) is 5.56 Å². The first-order valence-electron chi connectivity index (χ1n) is 6.51. The zero-order chi connectivity index (χ0) is 14.8. The third kappa shape index (κ3) is 2.28. The molecule has 0 N–H and O–H groups in total. The summed E-state index contributed by atoms with van der Waals surface area (Å²) in [7, 11) is 1.64. The average molecular weight is 338 g/mol. The van der Waals surface area contributed by atoms with Gasteiger partial charge in [-0.15, -0.1) is 0 Å². The molecule has 3 rings (SSSR count). The topological polar surface area (TPSA) is 33.0 Å². The van der Waals surface area contributed by atoms with Crippen LogP contribution < -0.4 is 4.74 Å². The van der Waals surface area contributed by atoms with E-state index in [0.717, 1.165) is 32.5 Å². The van der Waals surface area contributed by atoms with Crippen molar-refractivity contribution in [1.82, 2.24) is 0 Å². The maximum atomic E-state index is 9.58. The van der Waals surface area contributed by atoms with Crippen LogP contribution in [0.25, 0.3) is 22.3 Å². The van der Waals surface area contributed by atoms with Crippen molar-refractivity contribution in [3.05, 3.63) is 64.6 Å². The van der Waals surface area contributed by atoms with Crippen molar-refractivity contribution in [2.24, 2.45) is 0 Å². The summed E-state index contributed by atoms with van der Waals surface area (Å²) >= 11 is 3.65. The van der Waals surface area contributed by atoms with Gasteiger partial charge >= 0.3 is 0 Å². The lowest BCUT2D eigenvalue weighted by atomic mass is 10.0. The Bertz CT molecular complexity index is 803. The van der Waals surface area contributed by atoms with Crippen LogP contribution in [0.4, 0.5) is 0 Å². The van der Waals surface area contributed by atoms with E-state index in [1.54, 1.807) is 7.11 Å². The second kappa shape index (κ2) is 5.59. The summed E-state index contributed by atoms with van der Waals surface area (Å²) in [5.41, 5.74) is 4.63. The molecule has 2 nitrogen and oxygen atoms in total. The minimum Gasteiger partial charge on any atom is -0.497 e. The van der Waals surface area contributed by atoms with Gasteiger partial charge in [0.05, 0.1) is 12.7 Å². The largest absolute Gasteiger partial charge is 0.497 e. The molecule has 0 aliphatic heterocycles.